The molecular formula is C7H14BrNO3. The van der Waals surface area contributed by atoms with E-state index in [-0.39, 0.29) is 5.91 Å². The molecule has 12 heavy (non-hydrogen) atoms. The number of amides is 1. The van der Waals surface area contributed by atoms with Gasteiger partial charge in [-0.25, -0.2) is 0 Å². The van der Waals surface area contributed by atoms with Crippen molar-refractivity contribution in [2.45, 2.75) is 0 Å². The lowest BCUT2D eigenvalue weighted by molar-refractivity contribution is -0.118. The molecule has 0 aromatic heterocycles. The summed E-state index contributed by atoms with van der Waals surface area (Å²) in [5, 5.41) is 3.00. The molecule has 0 bridgehead atoms. The van der Waals surface area contributed by atoms with Crippen LogP contribution in [0.25, 0.3) is 0 Å². The van der Waals surface area contributed by atoms with Gasteiger partial charge in [0.05, 0.1) is 25.2 Å². The highest BCUT2D eigenvalue weighted by molar-refractivity contribution is 9.09. The third-order valence-corrected chi connectivity index (χ3v) is 1.63. The lowest BCUT2D eigenvalue weighted by atomic mass is 10.6. The minimum Gasteiger partial charge on any atom is -0.382 e. The van der Waals surface area contributed by atoms with Crippen molar-refractivity contribution in [3.8, 4) is 0 Å². The van der Waals surface area contributed by atoms with Crippen LogP contribution in [0, 0.1) is 0 Å². The van der Waals surface area contributed by atoms with Crippen molar-refractivity contribution in [3.05, 3.63) is 0 Å². The summed E-state index contributed by atoms with van der Waals surface area (Å²) in [5.41, 5.74) is 0. The highest BCUT2D eigenvalue weighted by Gasteiger charge is 1.95. The first-order valence-electron chi connectivity index (χ1n) is 3.70. The van der Waals surface area contributed by atoms with Gasteiger partial charge in [-0.15, -0.1) is 0 Å². The fraction of sp³-hybridized carbons (Fsp3) is 0.857. The summed E-state index contributed by atoms with van der Waals surface area (Å²) in [5.74, 6) is -0.0228. The molecule has 0 fully saturated rings. The van der Waals surface area contributed by atoms with Gasteiger partial charge < -0.3 is 14.8 Å². The van der Waals surface area contributed by atoms with Gasteiger partial charge in [0, 0.05) is 13.7 Å². The van der Waals surface area contributed by atoms with Crippen LogP contribution in [-0.4, -0.2) is 44.7 Å². The predicted molar refractivity (Wildman–Crippen MR) is 49.5 cm³/mol. The van der Waals surface area contributed by atoms with E-state index in [1.807, 2.05) is 0 Å². The number of halogens is 1. The van der Waals surface area contributed by atoms with Crippen LogP contribution in [0.1, 0.15) is 0 Å². The molecule has 0 saturated heterocycles. The normalized spacial score (nSPS) is 9.83. The van der Waals surface area contributed by atoms with Gasteiger partial charge in [0.2, 0.25) is 5.91 Å². The Bertz CT molecular complexity index is 121. The van der Waals surface area contributed by atoms with E-state index in [2.05, 4.69) is 21.2 Å². The minimum absolute atomic E-state index is 0.0228. The molecule has 0 spiro atoms. The van der Waals surface area contributed by atoms with Crippen molar-refractivity contribution in [3.63, 3.8) is 0 Å². The molecule has 0 saturated carbocycles. The first-order valence-corrected chi connectivity index (χ1v) is 4.82. The van der Waals surface area contributed by atoms with E-state index < -0.39 is 0 Å². The highest BCUT2D eigenvalue weighted by atomic mass is 79.9. The third kappa shape index (κ3) is 7.97. The van der Waals surface area contributed by atoms with Crippen LogP contribution in [0.4, 0.5) is 0 Å². The second kappa shape index (κ2) is 8.96. The van der Waals surface area contributed by atoms with Crippen LogP contribution in [0.15, 0.2) is 0 Å². The molecule has 0 radical (unpaired) electrons. The van der Waals surface area contributed by atoms with Gasteiger partial charge in [0.15, 0.2) is 0 Å². The second-order valence-corrected chi connectivity index (χ2v) is 2.65. The molecule has 1 N–H and O–H groups in total. The van der Waals surface area contributed by atoms with E-state index in [1.54, 1.807) is 7.11 Å². The summed E-state index contributed by atoms with van der Waals surface area (Å²) >= 11 is 3.04. The van der Waals surface area contributed by atoms with Crippen LogP contribution < -0.4 is 5.32 Å². The van der Waals surface area contributed by atoms with Gasteiger partial charge in [-0.3, -0.25) is 4.79 Å². The molecule has 0 aliphatic heterocycles. The largest absolute Gasteiger partial charge is 0.382 e. The number of carbonyl (C=O) groups excluding carboxylic acids is 1. The lowest BCUT2D eigenvalue weighted by Crippen LogP contribution is -2.28. The Kier molecular flexibility index (Phi) is 8.86. The van der Waals surface area contributed by atoms with Crippen LogP contribution in [-0.2, 0) is 14.3 Å². The molecule has 0 heterocycles. The van der Waals surface area contributed by atoms with Gasteiger partial charge in [0.25, 0.3) is 0 Å². The summed E-state index contributed by atoms with van der Waals surface area (Å²) in [6.07, 6.45) is 0. The molecule has 0 aliphatic rings. The molecule has 0 atom stereocenters. The zero-order valence-corrected chi connectivity index (χ0v) is 8.72. The Labute approximate surface area is 80.7 Å². The Morgan fingerprint density at radius 1 is 1.42 bits per heavy atom. The number of carbonyl (C=O) groups is 1. The van der Waals surface area contributed by atoms with E-state index in [9.17, 15) is 4.79 Å². The quantitative estimate of drug-likeness (QED) is 0.509. The molecule has 5 heteroatoms. The number of methoxy groups -OCH3 is 1. The van der Waals surface area contributed by atoms with E-state index in [1.165, 1.54) is 0 Å². The maximum Gasteiger partial charge on any atom is 0.230 e. The molecule has 0 rings (SSSR count). The van der Waals surface area contributed by atoms with Crippen LogP contribution >= 0.6 is 15.9 Å². The Balaban J connectivity index is 2.95. The Hall–Kier alpha value is -0.130. The van der Waals surface area contributed by atoms with Crippen molar-refractivity contribution in [2.75, 3.05) is 38.8 Å². The number of hydrogen-bond donors (Lipinski definition) is 1. The summed E-state index contributed by atoms with van der Waals surface area (Å²) in [4.78, 5) is 10.7. The lowest BCUT2D eigenvalue weighted by Gasteiger charge is -2.03. The molecule has 0 aromatic carbocycles. The Morgan fingerprint density at radius 2 is 2.17 bits per heavy atom. The van der Waals surface area contributed by atoms with Crippen molar-refractivity contribution in [2.24, 2.45) is 0 Å². The molecule has 0 aromatic rings. The number of ether oxygens (including phenoxy) is 2. The van der Waals surface area contributed by atoms with E-state index in [4.69, 9.17) is 9.47 Å². The molecule has 1 amide bonds. The number of alkyl halides is 1. The molecule has 0 unspecified atom stereocenters. The second-order valence-electron chi connectivity index (χ2n) is 2.09. The van der Waals surface area contributed by atoms with Gasteiger partial charge in [-0.1, -0.05) is 15.9 Å². The Morgan fingerprint density at radius 3 is 2.75 bits per heavy atom. The van der Waals surface area contributed by atoms with Crippen LogP contribution in [0.2, 0.25) is 0 Å². The summed E-state index contributed by atoms with van der Waals surface area (Å²) < 4.78 is 9.88. The standard InChI is InChI=1S/C7H14BrNO3/c1-11-4-5-12-3-2-9-7(10)6-8/h2-6H2,1H3,(H,9,10). The van der Waals surface area contributed by atoms with Gasteiger partial charge in [0.1, 0.15) is 0 Å². The maximum atomic E-state index is 10.7. The van der Waals surface area contributed by atoms with Crippen LogP contribution in [0.3, 0.4) is 0 Å². The van der Waals surface area contributed by atoms with E-state index in [0.717, 1.165) is 0 Å². The van der Waals surface area contributed by atoms with Crippen molar-refractivity contribution in [1.82, 2.24) is 5.32 Å². The topological polar surface area (TPSA) is 47.6 Å². The predicted octanol–water partition coefficient (Wildman–Crippen LogP) is 0.161. The smallest absolute Gasteiger partial charge is 0.230 e. The summed E-state index contributed by atoms with van der Waals surface area (Å²) in [7, 11) is 1.62. The van der Waals surface area contributed by atoms with E-state index in [0.29, 0.717) is 31.7 Å². The van der Waals surface area contributed by atoms with Gasteiger partial charge >= 0.3 is 0 Å². The SMILES string of the molecule is COCCOCCNC(=O)CBr. The van der Waals surface area contributed by atoms with Crippen molar-refractivity contribution in [1.29, 1.82) is 0 Å². The molecular weight excluding hydrogens is 226 g/mol. The number of hydrogen-bond acceptors (Lipinski definition) is 3. The van der Waals surface area contributed by atoms with Gasteiger partial charge in [-0.05, 0) is 0 Å². The molecule has 0 aliphatic carbocycles. The zero-order chi connectivity index (χ0) is 9.23. The maximum absolute atomic E-state index is 10.7. The average molecular weight is 240 g/mol. The molecule has 4 nitrogen and oxygen atoms in total. The van der Waals surface area contributed by atoms with Crippen molar-refractivity contribution < 1.29 is 14.3 Å². The summed E-state index contributed by atoms with van der Waals surface area (Å²) in [6, 6.07) is 0. The fourth-order valence-electron chi connectivity index (χ4n) is 0.554. The third-order valence-electron chi connectivity index (χ3n) is 1.12. The first kappa shape index (κ1) is 11.9. The molecule has 72 valence electrons. The minimum atomic E-state index is -0.0228. The zero-order valence-electron chi connectivity index (χ0n) is 7.14. The monoisotopic (exact) mass is 239 g/mol. The first-order chi connectivity index (χ1) is 5.81. The highest BCUT2D eigenvalue weighted by Crippen LogP contribution is 1.78. The van der Waals surface area contributed by atoms with E-state index >= 15 is 0 Å². The van der Waals surface area contributed by atoms with Crippen molar-refractivity contribution >= 4 is 21.8 Å². The average Bonchev–Trinajstić information content (AvgIpc) is 2.10. The number of rotatable bonds is 7. The van der Waals surface area contributed by atoms with Crippen LogP contribution in [0.5, 0.6) is 0 Å². The number of nitrogens with one attached hydrogen (secondary N) is 1. The fourth-order valence-corrected chi connectivity index (χ4v) is 0.752. The van der Waals surface area contributed by atoms with Gasteiger partial charge in [-0.2, -0.15) is 0 Å². The summed E-state index contributed by atoms with van der Waals surface area (Å²) in [6.45, 7) is 2.24.